The van der Waals surface area contributed by atoms with Gasteiger partial charge in [0.15, 0.2) is 0 Å². The van der Waals surface area contributed by atoms with Gasteiger partial charge in [-0.2, -0.15) is 0 Å². The first-order valence-electron chi connectivity index (χ1n) is 2.44. The lowest BCUT2D eigenvalue weighted by Crippen LogP contribution is -1.94. The molecule has 0 fully saturated rings. The van der Waals surface area contributed by atoms with Crippen LogP contribution in [0.5, 0.6) is 0 Å². The number of pyridine rings is 1. The van der Waals surface area contributed by atoms with Crippen molar-refractivity contribution in [3.63, 3.8) is 0 Å². The molecular weight excluding hydrogens is 331 g/mol. The fourth-order valence-electron chi connectivity index (χ4n) is 0.489. The molecule has 0 aliphatic rings. The summed E-state index contributed by atoms with van der Waals surface area (Å²) in [6, 6.07) is 3.08. The molecule has 0 aliphatic heterocycles. The normalized spacial score (nSPS) is 5.33. The van der Waals surface area contributed by atoms with Crippen LogP contribution in [0.1, 0.15) is 10.4 Å². The lowest BCUT2D eigenvalue weighted by molar-refractivity contribution is 0.0696. The highest BCUT2D eigenvalue weighted by Crippen LogP contribution is 1.92. The van der Waals surface area contributed by atoms with Crippen LogP contribution in [0.15, 0.2) is 24.5 Å². The van der Waals surface area contributed by atoms with Crippen molar-refractivity contribution in [3.8, 4) is 0 Å². The molecule has 0 spiro atoms. The summed E-state index contributed by atoms with van der Waals surface area (Å²) < 4.78 is 0. The predicted octanol–water partition coefficient (Wildman–Crippen LogP) is 3.31. The number of rotatable bonds is 1. The summed E-state index contributed by atoms with van der Waals surface area (Å²) in [5.41, 5.74) is 0.220. The second kappa shape index (κ2) is 19.9. The van der Waals surface area contributed by atoms with Crippen molar-refractivity contribution >= 4 is 80.4 Å². The van der Waals surface area contributed by atoms with Crippen LogP contribution in [-0.4, -0.2) is 16.1 Å². The van der Waals surface area contributed by atoms with E-state index in [9.17, 15) is 4.79 Å². The largest absolute Gasteiger partial charge is 0.478 e. The Morgan fingerprint density at radius 1 is 1.07 bits per heavy atom. The van der Waals surface area contributed by atoms with Gasteiger partial charge in [-0.3, -0.25) is 4.98 Å². The van der Waals surface area contributed by atoms with Crippen LogP contribution >= 0.6 is 74.4 Å². The van der Waals surface area contributed by atoms with Gasteiger partial charge in [0.05, 0.1) is 5.56 Å². The lowest BCUT2D eigenvalue weighted by Gasteiger charge is -1.87. The van der Waals surface area contributed by atoms with Gasteiger partial charge >= 0.3 is 5.97 Å². The SMILES string of the molecule is Cl.Cl.Cl.Cl.Cl.Cl.O=C(O)c1cccnc1. The lowest BCUT2D eigenvalue weighted by atomic mass is 10.3. The summed E-state index contributed by atoms with van der Waals surface area (Å²) in [5, 5.41) is 8.34. The number of aromatic nitrogens is 1. The van der Waals surface area contributed by atoms with Gasteiger partial charge in [0.25, 0.3) is 0 Å². The van der Waals surface area contributed by atoms with Gasteiger partial charge in [-0.25, -0.2) is 4.79 Å². The number of carboxylic acid groups (broad SMARTS) is 1. The third kappa shape index (κ3) is 14.4. The molecule has 0 amide bonds. The standard InChI is InChI=1S/C6H5NO2.6ClH/c8-6(9)5-2-1-3-7-4-5;;;;;;/h1-4H,(H,8,9);6*1H. The maximum Gasteiger partial charge on any atom is 0.337 e. The average molecular weight is 342 g/mol. The van der Waals surface area contributed by atoms with Gasteiger partial charge in [0.1, 0.15) is 0 Å². The first-order valence-corrected chi connectivity index (χ1v) is 2.44. The number of aromatic carboxylic acids is 1. The van der Waals surface area contributed by atoms with Crippen molar-refractivity contribution in [2.45, 2.75) is 0 Å². The molecule has 15 heavy (non-hydrogen) atoms. The van der Waals surface area contributed by atoms with Crippen molar-refractivity contribution in [2.75, 3.05) is 0 Å². The summed E-state index contributed by atoms with van der Waals surface area (Å²) >= 11 is 0. The first kappa shape index (κ1) is 36.2. The van der Waals surface area contributed by atoms with E-state index in [2.05, 4.69) is 4.98 Å². The Balaban J connectivity index is -0.0000000337. The van der Waals surface area contributed by atoms with E-state index in [1.807, 2.05) is 0 Å². The molecule has 0 bridgehead atoms. The number of hydrogen-bond donors (Lipinski definition) is 1. The number of carboxylic acids is 1. The molecule has 9 heteroatoms. The van der Waals surface area contributed by atoms with Crippen molar-refractivity contribution in [1.29, 1.82) is 0 Å². The zero-order valence-electron chi connectivity index (χ0n) is 7.06. The highest BCUT2D eigenvalue weighted by atomic mass is 35.5. The molecule has 1 heterocycles. The summed E-state index contributed by atoms with van der Waals surface area (Å²) in [6.45, 7) is 0. The van der Waals surface area contributed by atoms with Crippen molar-refractivity contribution in [1.82, 2.24) is 4.98 Å². The monoisotopic (exact) mass is 339 g/mol. The summed E-state index contributed by atoms with van der Waals surface area (Å²) in [4.78, 5) is 13.8. The van der Waals surface area contributed by atoms with Crippen molar-refractivity contribution in [3.05, 3.63) is 30.1 Å². The van der Waals surface area contributed by atoms with E-state index in [0.29, 0.717) is 0 Å². The van der Waals surface area contributed by atoms with E-state index in [1.165, 1.54) is 18.5 Å². The fraction of sp³-hybridized carbons (Fsp3) is 0. The Kier molecular flexibility index (Phi) is 47.9. The number of nitrogens with zero attached hydrogens (tertiary/aromatic N) is 1. The average Bonchev–Trinajstić information content (AvgIpc) is 1.90. The maximum atomic E-state index is 10.2. The second-order valence-electron chi connectivity index (χ2n) is 1.55. The smallest absolute Gasteiger partial charge is 0.337 e. The molecule has 94 valence electrons. The minimum Gasteiger partial charge on any atom is -0.478 e. The highest BCUT2D eigenvalue weighted by molar-refractivity contribution is 5.87. The van der Waals surface area contributed by atoms with Crippen LogP contribution in [-0.2, 0) is 0 Å². The molecule has 1 N–H and O–H groups in total. The minimum atomic E-state index is -0.942. The number of hydrogen-bond acceptors (Lipinski definition) is 2. The molecule has 0 unspecified atom stereocenters. The third-order valence-corrected chi connectivity index (χ3v) is 0.908. The zero-order valence-corrected chi connectivity index (χ0v) is 12.0. The molecule has 0 aromatic carbocycles. The van der Waals surface area contributed by atoms with Gasteiger partial charge in [-0.1, -0.05) is 0 Å². The summed E-state index contributed by atoms with van der Waals surface area (Å²) in [7, 11) is 0. The number of halogens is 6. The highest BCUT2D eigenvalue weighted by Gasteiger charge is 1.97. The Bertz CT molecular complexity index is 222. The zero-order chi connectivity index (χ0) is 6.69. The molecule has 0 saturated heterocycles. The van der Waals surface area contributed by atoms with Crippen molar-refractivity contribution in [2.24, 2.45) is 0 Å². The Labute approximate surface area is 125 Å². The molecule has 0 atom stereocenters. The van der Waals surface area contributed by atoms with Gasteiger partial charge in [-0.15, -0.1) is 74.4 Å². The predicted molar refractivity (Wildman–Crippen MR) is 74.7 cm³/mol. The molecule has 3 nitrogen and oxygen atoms in total. The maximum absolute atomic E-state index is 10.2. The van der Waals surface area contributed by atoms with Crippen LogP contribution in [0.2, 0.25) is 0 Å². The van der Waals surface area contributed by atoms with Crippen LogP contribution in [0.25, 0.3) is 0 Å². The molecule has 0 radical (unpaired) electrons. The van der Waals surface area contributed by atoms with Crippen LogP contribution < -0.4 is 0 Å². The van der Waals surface area contributed by atoms with Gasteiger partial charge in [0.2, 0.25) is 0 Å². The van der Waals surface area contributed by atoms with Gasteiger partial charge < -0.3 is 5.11 Å². The summed E-state index contributed by atoms with van der Waals surface area (Å²) in [6.07, 6.45) is 2.84. The second-order valence-corrected chi connectivity index (χ2v) is 1.55. The van der Waals surface area contributed by atoms with Crippen LogP contribution in [0, 0.1) is 0 Å². The van der Waals surface area contributed by atoms with E-state index in [-0.39, 0.29) is 80.0 Å². The molecule has 1 aromatic heterocycles. The Morgan fingerprint density at radius 2 is 1.53 bits per heavy atom. The van der Waals surface area contributed by atoms with E-state index in [1.54, 1.807) is 6.07 Å². The van der Waals surface area contributed by atoms with Gasteiger partial charge in [-0.05, 0) is 12.1 Å². The summed E-state index contributed by atoms with van der Waals surface area (Å²) in [5.74, 6) is -0.942. The molecule has 0 aliphatic carbocycles. The van der Waals surface area contributed by atoms with Crippen molar-refractivity contribution < 1.29 is 9.90 Å². The van der Waals surface area contributed by atoms with Crippen LogP contribution in [0.3, 0.4) is 0 Å². The fourth-order valence-corrected chi connectivity index (χ4v) is 0.489. The Morgan fingerprint density at radius 3 is 1.73 bits per heavy atom. The van der Waals surface area contributed by atoms with E-state index in [4.69, 9.17) is 5.11 Å². The topological polar surface area (TPSA) is 50.2 Å². The van der Waals surface area contributed by atoms with Crippen LogP contribution in [0.4, 0.5) is 0 Å². The molecular formula is C6H11Cl6NO2. The Hall–Kier alpha value is 0.360. The quantitative estimate of drug-likeness (QED) is 0.852. The van der Waals surface area contributed by atoms with E-state index >= 15 is 0 Å². The van der Waals surface area contributed by atoms with E-state index < -0.39 is 5.97 Å². The third-order valence-electron chi connectivity index (χ3n) is 0.908. The first-order chi connectivity index (χ1) is 4.30. The van der Waals surface area contributed by atoms with Gasteiger partial charge in [0, 0.05) is 12.4 Å². The molecule has 0 saturated carbocycles. The minimum absolute atomic E-state index is 0. The number of carbonyl (C=O) groups is 1. The van der Waals surface area contributed by atoms with E-state index in [0.717, 1.165) is 0 Å². The molecule has 1 aromatic rings. The molecule has 1 rings (SSSR count).